The number of rotatable bonds is 6. The van der Waals surface area contributed by atoms with Gasteiger partial charge in [-0.2, -0.15) is 0 Å². The predicted octanol–water partition coefficient (Wildman–Crippen LogP) is 2.87. The van der Waals surface area contributed by atoms with Crippen LogP contribution >= 0.6 is 11.3 Å². The fraction of sp³-hybridized carbons (Fsp3) is 0.643. The fourth-order valence-electron chi connectivity index (χ4n) is 2.52. The van der Waals surface area contributed by atoms with E-state index in [-0.39, 0.29) is 16.0 Å². The zero-order valence-corrected chi connectivity index (χ0v) is 14.7. The lowest BCUT2D eigenvalue weighted by molar-refractivity contribution is -0.136. The summed E-state index contributed by atoms with van der Waals surface area (Å²) in [5, 5.41) is 8.73. The van der Waals surface area contributed by atoms with Crippen LogP contribution in [0.25, 0.3) is 0 Å². The molecule has 0 saturated heterocycles. The van der Waals surface area contributed by atoms with Crippen LogP contribution in [0.5, 0.6) is 0 Å². The maximum Gasteiger partial charge on any atom is 0.308 e. The van der Waals surface area contributed by atoms with Crippen LogP contribution in [0.1, 0.15) is 45.9 Å². The molecular weight excluding hydrogens is 310 g/mol. The molecule has 0 radical (unpaired) electrons. The van der Waals surface area contributed by atoms with Gasteiger partial charge >= 0.3 is 5.97 Å². The molecule has 0 aliphatic rings. The van der Waals surface area contributed by atoms with E-state index in [1.54, 1.807) is 6.07 Å². The molecule has 2 N–H and O–H groups in total. The Balaban J connectivity index is 2.91. The predicted molar refractivity (Wildman–Crippen MR) is 84.1 cm³/mol. The Labute approximate surface area is 130 Å². The second kappa shape index (κ2) is 6.06. The van der Waals surface area contributed by atoms with Crippen molar-refractivity contribution in [3.8, 4) is 0 Å². The summed E-state index contributed by atoms with van der Waals surface area (Å²) in [5.41, 5.74) is -0.579. The average molecular weight is 333 g/mol. The Morgan fingerprint density at radius 1 is 1.24 bits per heavy atom. The van der Waals surface area contributed by atoms with Gasteiger partial charge in [-0.25, -0.2) is 13.1 Å². The third-order valence-electron chi connectivity index (χ3n) is 2.61. The monoisotopic (exact) mass is 333 g/mol. The van der Waals surface area contributed by atoms with E-state index >= 15 is 0 Å². The lowest BCUT2D eigenvalue weighted by atomic mass is 9.82. The molecule has 0 spiro atoms. The molecule has 0 atom stereocenters. The summed E-state index contributed by atoms with van der Waals surface area (Å²) in [5.74, 6) is -0.971. The first-order valence-electron chi connectivity index (χ1n) is 6.65. The Hall–Kier alpha value is -0.920. The van der Waals surface area contributed by atoms with E-state index in [0.717, 1.165) is 11.3 Å². The lowest BCUT2D eigenvalue weighted by Gasteiger charge is -2.32. The second-order valence-electron chi connectivity index (χ2n) is 7.02. The highest BCUT2D eigenvalue weighted by molar-refractivity contribution is 7.91. The average Bonchev–Trinajstić information content (AvgIpc) is 2.59. The summed E-state index contributed by atoms with van der Waals surface area (Å²) < 4.78 is 27.6. The molecule has 1 aromatic heterocycles. The maximum atomic E-state index is 12.4. The van der Waals surface area contributed by atoms with Crippen LogP contribution in [0.15, 0.2) is 16.3 Å². The molecule has 0 fully saturated rings. The van der Waals surface area contributed by atoms with Gasteiger partial charge in [0.05, 0.1) is 6.42 Å². The molecule has 1 heterocycles. The molecule has 21 heavy (non-hydrogen) atoms. The summed E-state index contributed by atoms with van der Waals surface area (Å²) in [6, 6.07) is 3.00. The molecule has 0 unspecified atom stereocenters. The van der Waals surface area contributed by atoms with Crippen LogP contribution in [-0.2, 0) is 21.2 Å². The van der Waals surface area contributed by atoms with Gasteiger partial charge in [0.25, 0.3) is 10.0 Å². The molecule has 120 valence electrons. The van der Waals surface area contributed by atoms with Crippen molar-refractivity contribution in [3.05, 3.63) is 17.0 Å². The van der Waals surface area contributed by atoms with E-state index in [0.29, 0.717) is 11.3 Å². The zero-order chi connectivity index (χ0) is 16.5. The van der Waals surface area contributed by atoms with Gasteiger partial charge in [-0.1, -0.05) is 20.8 Å². The number of carboxylic acids is 1. The highest BCUT2D eigenvalue weighted by Crippen LogP contribution is 2.29. The molecule has 0 saturated carbocycles. The minimum absolute atomic E-state index is 0.00403. The highest BCUT2D eigenvalue weighted by atomic mass is 32.2. The topological polar surface area (TPSA) is 83.5 Å². The number of hydrogen-bond donors (Lipinski definition) is 2. The summed E-state index contributed by atoms with van der Waals surface area (Å²) >= 11 is 0.996. The van der Waals surface area contributed by atoms with Gasteiger partial charge in [0.15, 0.2) is 0 Å². The smallest absolute Gasteiger partial charge is 0.308 e. The first-order chi connectivity index (χ1) is 9.31. The quantitative estimate of drug-likeness (QED) is 0.838. The van der Waals surface area contributed by atoms with Crippen LogP contribution < -0.4 is 4.72 Å². The molecule has 5 nitrogen and oxygen atoms in total. The molecule has 1 aromatic rings. The summed E-state index contributed by atoms with van der Waals surface area (Å²) in [4.78, 5) is 11.2. The zero-order valence-electron chi connectivity index (χ0n) is 13.1. The van der Waals surface area contributed by atoms with Gasteiger partial charge in [0, 0.05) is 10.4 Å². The summed E-state index contributed by atoms with van der Waals surface area (Å²) in [6.07, 6.45) is 0.526. The minimum Gasteiger partial charge on any atom is -0.481 e. The van der Waals surface area contributed by atoms with Crippen LogP contribution in [-0.4, -0.2) is 25.0 Å². The minimum atomic E-state index is -3.63. The Morgan fingerprint density at radius 3 is 2.29 bits per heavy atom. The van der Waals surface area contributed by atoms with Crippen molar-refractivity contribution in [3.63, 3.8) is 0 Å². The number of aliphatic carboxylic acids is 1. The van der Waals surface area contributed by atoms with Gasteiger partial charge in [-0.3, -0.25) is 4.79 Å². The van der Waals surface area contributed by atoms with Gasteiger partial charge in [-0.15, -0.1) is 11.3 Å². The number of nitrogens with one attached hydrogen (secondary N) is 1. The Morgan fingerprint density at radius 2 is 1.81 bits per heavy atom. The number of carbonyl (C=O) groups is 1. The SMILES string of the molecule is CC(C)(C)CC(C)(C)NS(=O)(=O)c1ccc(CC(=O)O)s1. The van der Waals surface area contributed by atoms with E-state index in [1.165, 1.54) is 6.07 Å². The normalized spacial score (nSPS) is 13.4. The first-order valence-corrected chi connectivity index (χ1v) is 8.95. The van der Waals surface area contributed by atoms with E-state index in [1.807, 2.05) is 13.8 Å². The maximum absolute atomic E-state index is 12.4. The molecule has 0 aromatic carbocycles. The molecule has 1 rings (SSSR count). The van der Waals surface area contributed by atoms with Crippen molar-refractivity contribution in [2.75, 3.05) is 0 Å². The van der Waals surface area contributed by atoms with Crippen molar-refractivity contribution in [2.24, 2.45) is 5.41 Å². The third kappa shape index (κ3) is 6.15. The molecular formula is C14H23NO4S2. The third-order valence-corrected chi connectivity index (χ3v) is 5.89. The van der Waals surface area contributed by atoms with Gasteiger partial charge in [0.2, 0.25) is 0 Å². The van der Waals surface area contributed by atoms with Crippen molar-refractivity contribution >= 4 is 27.3 Å². The van der Waals surface area contributed by atoms with Crippen LogP contribution in [0, 0.1) is 5.41 Å². The van der Waals surface area contributed by atoms with Crippen LogP contribution in [0.2, 0.25) is 0 Å². The molecule has 0 aliphatic heterocycles. The van der Waals surface area contributed by atoms with E-state index < -0.39 is 21.5 Å². The Kier molecular flexibility index (Phi) is 5.23. The van der Waals surface area contributed by atoms with Crippen LogP contribution in [0.3, 0.4) is 0 Å². The number of hydrogen-bond acceptors (Lipinski definition) is 4. The van der Waals surface area contributed by atoms with E-state index in [4.69, 9.17) is 5.11 Å². The van der Waals surface area contributed by atoms with Gasteiger partial charge in [-0.05, 0) is 37.8 Å². The molecule has 7 heteroatoms. The molecule has 0 aliphatic carbocycles. The van der Waals surface area contributed by atoms with Gasteiger partial charge < -0.3 is 5.11 Å². The lowest BCUT2D eigenvalue weighted by Crippen LogP contribution is -2.45. The second-order valence-corrected chi connectivity index (χ2v) is 10.1. The number of carboxylic acid groups (broad SMARTS) is 1. The molecule has 0 amide bonds. The number of thiophene rings is 1. The first kappa shape index (κ1) is 18.1. The number of sulfonamides is 1. The van der Waals surface area contributed by atoms with E-state index in [9.17, 15) is 13.2 Å². The summed E-state index contributed by atoms with van der Waals surface area (Å²) in [6.45, 7) is 9.86. The van der Waals surface area contributed by atoms with Crippen molar-refractivity contribution in [2.45, 2.75) is 57.2 Å². The van der Waals surface area contributed by atoms with Crippen LogP contribution in [0.4, 0.5) is 0 Å². The van der Waals surface area contributed by atoms with E-state index in [2.05, 4.69) is 25.5 Å². The highest BCUT2D eigenvalue weighted by Gasteiger charge is 2.31. The van der Waals surface area contributed by atoms with Crippen molar-refractivity contribution < 1.29 is 18.3 Å². The largest absolute Gasteiger partial charge is 0.481 e. The molecule has 0 bridgehead atoms. The summed E-state index contributed by atoms with van der Waals surface area (Å²) in [7, 11) is -3.63. The van der Waals surface area contributed by atoms with Crippen molar-refractivity contribution in [1.29, 1.82) is 0 Å². The Bertz CT molecular complexity index is 609. The van der Waals surface area contributed by atoms with Crippen molar-refractivity contribution in [1.82, 2.24) is 4.72 Å². The van der Waals surface area contributed by atoms with Gasteiger partial charge in [0.1, 0.15) is 4.21 Å². The fourth-order valence-corrected chi connectivity index (χ4v) is 5.28. The standard InChI is InChI=1S/C14H23NO4S2/c1-13(2,3)9-14(4,5)15-21(18,19)12-7-6-10(20-12)8-11(16)17/h6-7,15H,8-9H2,1-5H3,(H,16,17).